The summed E-state index contributed by atoms with van der Waals surface area (Å²) in [4.78, 5) is 29.9. The van der Waals surface area contributed by atoms with E-state index in [0.29, 0.717) is 5.69 Å². The largest absolute Gasteiger partial charge is 0.352 e. The summed E-state index contributed by atoms with van der Waals surface area (Å²) in [5.41, 5.74) is 2.04. The van der Waals surface area contributed by atoms with Crippen molar-refractivity contribution in [2.75, 3.05) is 10.8 Å². The molecule has 1 N–H and O–H groups in total. The zero-order valence-corrected chi connectivity index (χ0v) is 29.1. The number of carbonyl (C=O) groups is 2. The lowest BCUT2D eigenvalue weighted by atomic mass is 10.0. The monoisotopic (exact) mass is 787 g/mol. The van der Waals surface area contributed by atoms with Gasteiger partial charge in [0, 0.05) is 27.1 Å². The number of benzene rings is 4. The van der Waals surface area contributed by atoms with Gasteiger partial charge in [0.15, 0.2) is 0 Å². The lowest BCUT2D eigenvalue weighted by molar-refractivity contribution is -0.140. The molecule has 4 rings (SSSR count). The molecule has 0 saturated heterocycles. The molecule has 0 saturated carbocycles. The molecule has 0 unspecified atom stereocenters. The van der Waals surface area contributed by atoms with Crippen molar-refractivity contribution in [2.24, 2.45) is 0 Å². The van der Waals surface area contributed by atoms with Crippen LogP contribution in [0, 0.1) is 3.57 Å². The molecule has 44 heavy (non-hydrogen) atoms. The van der Waals surface area contributed by atoms with E-state index in [4.69, 9.17) is 0 Å². The summed E-state index contributed by atoms with van der Waals surface area (Å²) >= 11 is 5.66. The Morgan fingerprint density at radius 3 is 2.09 bits per heavy atom. The summed E-state index contributed by atoms with van der Waals surface area (Å²) in [6.45, 7) is 3.52. The zero-order chi connectivity index (χ0) is 31.7. The number of sulfonamides is 1. The van der Waals surface area contributed by atoms with E-state index in [-0.39, 0.29) is 29.8 Å². The molecule has 2 amide bonds. The van der Waals surface area contributed by atoms with E-state index in [1.54, 1.807) is 42.5 Å². The molecule has 0 aromatic heterocycles. The first-order chi connectivity index (χ1) is 21.1. The van der Waals surface area contributed by atoms with Gasteiger partial charge in [-0.05, 0) is 95.6 Å². The van der Waals surface area contributed by atoms with Gasteiger partial charge in [-0.15, -0.1) is 0 Å². The molecule has 0 heterocycles. The van der Waals surface area contributed by atoms with Crippen molar-refractivity contribution in [3.63, 3.8) is 0 Å². The van der Waals surface area contributed by atoms with Crippen LogP contribution in [0.4, 0.5) is 5.69 Å². The third-order valence-corrected chi connectivity index (χ3v) is 10.2. The van der Waals surface area contributed by atoms with Crippen molar-refractivity contribution >= 4 is 66.0 Å². The third-order valence-electron chi connectivity index (χ3n) is 7.24. The molecule has 230 valence electrons. The Kier molecular flexibility index (Phi) is 12.0. The van der Waals surface area contributed by atoms with Crippen LogP contribution in [0.15, 0.2) is 119 Å². The maximum atomic E-state index is 14.5. The van der Waals surface area contributed by atoms with Crippen LogP contribution in [-0.4, -0.2) is 43.8 Å². The van der Waals surface area contributed by atoms with Crippen LogP contribution in [-0.2, 0) is 32.6 Å². The summed E-state index contributed by atoms with van der Waals surface area (Å²) < 4.78 is 30.9. The number of nitrogens with zero attached hydrogens (tertiary/aromatic N) is 2. The lowest BCUT2D eigenvalue weighted by Crippen LogP contribution is -2.54. The minimum atomic E-state index is -4.13. The minimum absolute atomic E-state index is 0.0697. The minimum Gasteiger partial charge on any atom is -0.352 e. The van der Waals surface area contributed by atoms with Crippen LogP contribution in [0.5, 0.6) is 0 Å². The Morgan fingerprint density at radius 1 is 0.864 bits per heavy atom. The number of halogens is 2. The maximum absolute atomic E-state index is 14.5. The lowest BCUT2D eigenvalue weighted by Gasteiger charge is -2.34. The number of amides is 2. The summed E-state index contributed by atoms with van der Waals surface area (Å²) in [7, 11) is -4.13. The number of hydrogen-bond donors (Lipinski definition) is 1. The van der Waals surface area contributed by atoms with Crippen molar-refractivity contribution in [3.05, 3.63) is 128 Å². The van der Waals surface area contributed by atoms with Crippen LogP contribution in [0.1, 0.15) is 31.4 Å². The molecule has 0 aliphatic rings. The topological polar surface area (TPSA) is 86.8 Å². The van der Waals surface area contributed by atoms with Crippen LogP contribution in [0.3, 0.4) is 0 Å². The van der Waals surface area contributed by atoms with Gasteiger partial charge in [0.1, 0.15) is 12.6 Å². The third kappa shape index (κ3) is 8.92. The predicted octanol–water partition coefficient (Wildman–Crippen LogP) is 6.80. The van der Waals surface area contributed by atoms with Crippen LogP contribution < -0.4 is 9.62 Å². The first-order valence-corrected chi connectivity index (χ1v) is 17.6. The maximum Gasteiger partial charge on any atom is 0.264 e. The Hall–Kier alpha value is -3.22. The van der Waals surface area contributed by atoms with E-state index < -0.39 is 28.5 Å². The number of carbonyl (C=O) groups excluding carboxylic acids is 2. The number of nitrogens with one attached hydrogen (secondary N) is 1. The fraction of sp³-hybridized carbons (Fsp3) is 0.235. The molecular formula is C34H35BrIN3O4S. The van der Waals surface area contributed by atoms with E-state index in [1.165, 1.54) is 17.0 Å². The number of hydrogen-bond acceptors (Lipinski definition) is 4. The Balaban J connectivity index is 1.80. The average Bonchev–Trinajstić information content (AvgIpc) is 3.02. The van der Waals surface area contributed by atoms with E-state index >= 15 is 0 Å². The van der Waals surface area contributed by atoms with Crippen molar-refractivity contribution in [3.8, 4) is 0 Å². The molecule has 0 spiro atoms. The summed E-state index contributed by atoms with van der Waals surface area (Å²) in [6.07, 6.45) is 0.983. The second-order valence-electron chi connectivity index (χ2n) is 10.5. The van der Waals surface area contributed by atoms with Crippen molar-refractivity contribution in [1.29, 1.82) is 0 Å². The van der Waals surface area contributed by atoms with Crippen LogP contribution in [0.2, 0.25) is 0 Å². The second kappa shape index (κ2) is 15.7. The molecule has 2 atom stereocenters. The first-order valence-electron chi connectivity index (χ1n) is 14.3. The molecule has 7 nitrogen and oxygen atoms in total. The Labute approximate surface area is 282 Å². The van der Waals surface area contributed by atoms with E-state index in [9.17, 15) is 18.0 Å². The van der Waals surface area contributed by atoms with Crippen molar-refractivity contribution in [2.45, 2.75) is 50.2 Å². The summed E-state index contributed by atoms with van der Waals surface area (Å²) in [5, 5.41) is 3.05. The number of anilines is 1. The van der Waals surface area contributed by atoms with Gasteiger partial charge in [-0.2, -0.15) is 0 Å². The predicted molar refractivity (Wildman–Crippen MR) is 187 cm³/mol. The molecule has 10 heteroatoms. The van der Waals surface area contributed by atoms with Crippen LogP contribution in [0.25, 0.3) is 0 Å². The fourth-order valence-electron chi connectivity index (χ4n) is 4.68. The SMILES string of the molecule is CC[C@H](C)NC(=O)[C@@H](Cc1ccccc1)N(Cc1cccc(Br)c1)C(=O)CN(c1ccc(I)cc1)S(=O)(=O)c1ccccc1. The van der Waals surface area contributed by atoms with Gasteiger partial charge in [0.05, 0.1) is 10.6 Å². The molecule has 4 aromatic rings. The highest BCUT2D eigenvalue weighted by Crippen LogP contribution is 2.26. The molecule has 0 radical (unpaired) electrons. The van der Waals surface area contributed by atoms with Gasteiger partial charge in [-0.25, -0.2) is 8.42 Å². The fourth-order valence-corrected chi connectivity index (χ4v) is 6.92. The van der Waals surface area contributed by atoms with Gasteiger partial charge in [-0.1, -0.05) is 83.5 Å². The Bertz CT molecular complexity index is 1660. The second-order valence-corrected chi connectivity index (χ2v) is 14.5. The van der Waals surface area contributed by atoms with E-state index in [1.807, 2.05) is 68.4 Å². The van der Waals surface area contributed by atoms with Gasteiger partial charge >= 0.3 is 0 Å². The zero-order valence-electron chi connectivity index (χ0n) is 24.6. The van der Waals surface area contributed by atoms with Gasteiger partial charge in [-0.3, -0.25) is 13.9 Å². The molecular weight excluding hydrogens is 753 g/mol. The normalized spacial score (nSPS) is 12.6. The highest BCUT2D eigenvalue weighted by molar-refractivity contribution is 14.1. The Morgan fingerprint density at radius 2 is 1.48 bits per heavy atom. The number of rotatable bonds is 13. The molecule has 0 bridgehead atoms. The average molecular weight is 789 g/mol. The van der Waals surface area contributed by atoms with Crippen LogP contribution >= 0.6 is 38.5 Å². The highest BCUT2D eigenvalue weighted by atomic mass is 127. The van der Waals surface area contributed by atoms with E-state index in [2.05, 4.69) is 43.8 Å². The quantitative estimate of drug-likeness (QED) is 0.151. The molecule has 4 aromatic carbocycles. The first kappa shape index (κ1) is 33.7. The highest BCUT2D eigenvalue weighted by Gasteiger charge is 2.35. The molecule has 0 fully saturated rings. The van der Waals surface area contributed by atoms with Gasteiger partial charge in [0.25, 0.3) is 10.0 Å². The summed E-state index contributed by atoms with van der Waals surface area (Å²) in [6, 6.07) is 31.1. The van der Waals surface area contributed by atoms with E-state index in [0.717, 1.165) is 29.9 Å². The van der Waals surface area contributed by atoms with Gasteiger partial charge in [0.2, 0.25) is 11.8 Å². The van der Waals surface area contributed by atoms with Crippen molar-refractivity contribution < 1.29 is 18.0 Å². The summed E-state index contributed by atoms with van der Waals surface area (Å²) in [5.74, 6) is -0.790. The smallest absolute Gasteiger partial charge is 0.264 e. The molecule has 0 aliphatic heterocycles. The van der Waals surface area contributed by atoms with Gasteiger partial charge < -0.3 is 10.2 Å². The van der Waals surface area contributed by atoms with Crippen molar-refractivity contribution in [1.82, 2.24) is 10.2 Å². The molecule has 0 aliphatic carbocycles. The standard InChI is InChI=1S/C34H35BrIN3O4S/c1-3-25(2)37-34(41)32(22-26-11-6-4-7-12-26)38(23-27-13-10-14-28(35)21-27)33(40)24-39(30-19-17-29(36)18-20-30)44(42,43)31-15-8-5-9-16-31/h4-21,25,32H,3,22-24H2,1-2H3,(H,37,41)/t25-,32+/m0/s1.